The molecule has 6 bridgehead atoms. The fraction of sp³-hybridized carbons (Fsp3) is 0.535. The molecule has 4 aliphatic rings. The van der Waals surface area contributed by atoms with Gasteiger partial charge < -0.3 is 29.0 Å². The van der Waals surface area contributed by atoms with Gasteiger partial charge in [-0.25, -0.2) is 10.4 Å². The van der Waals surface area contributed by atoms with Gasteiger partial charge >= 0.3 is 5.97 Å². The molecule has 2 saturated heterocycles. The minimum Gasteiger partial charge on any atom is -0.464 e. The monoisotopic (exact) mass is 811 g/mol. The van der Waals surface area contributed by atoms with Crippen LogP contribution < -0.4 is 10.7 Å². The highest BCUT2D eigenvalue weighted by molar-refractivity contribution is 7.10. The molecule has 1 aromatic carbocycles. The molecular formula is C43H53N7O7S. The van der Waals surface area contributed by atoms with E-state index in [1.165, 1.54) is 16.3 Å². The van der Waals surface area contributed by atoms with Gasteiger partial charge in [-0.2, -0.15) is 0 Å². The second-order valence-electron chi connectivity index (χ2n) is 16.7. The molecule has 0 radical (unpaired) electrons. The molecular weight excluding hydrogens is 759 g/mol. The normalized spacial score (nSPS) is 26.3. The summed E-state index contributed by atoms with van der Waals surface area (Å²) in [6, 6.07) is 8.44. The van der Waals surface area contributed by atoms with Crippen LogP contribution in [0.5, 0.6) is 0 Å². The van der Waals surface area contributed by atoms with Crippen LogP contribution in [-0.4, -0.2) is 101 Å². The van der Waals surface area contributed by atoms with Crippen molar-refractivity contribution < 1.29 is 33.4 Å². The highest BCUT2D eigenvalue weighted by atomic mass is 32.1. The first-order valence-electron chi connectivity index (χ1n) is 20.4. The topological polar surface area (TPSA) is 157 Å². The second kappa shape index (κ2) is 15.8. The number of hydrogen-bond acceptors (Lipinski definition) is 11. The smallest absolute Gasteiger partial charge is 0.324 e. The lowest BCUT2D eigenvalue weighted by molar-refractivity contribution is -0.156. The Morgan fingerprint density at radius 3 is 2.71 bits per heavy atom. The lowest BCUT2D eigenvalue weighted by Crippen LogP contribution is -2.61. The van der Waals surface area contributed by atoms with Crippen molar-refractivity contribution in [1.29, 1.82) is 0 Å². The third kappa shape index (κ3) is 7.20. The first-order valence-corrected chi connectivity index (χ1v) is 21.2. The third-order valence-corrected chi connectivity index (χ3v) is 13.1. The number of fused-ring (bicyclic) bond motifs is 7. The van der Waals surface area contributed by atoms with Crippen molar-refractivity contribution in [2.45, 2.75) is 84.7 Å². The van der Waals surface area contributed by atoms with E-state index in [1.807, 2.05) is 25.3 Å². The van der Waals surface area contributed by atoms with Gasteiger partial charge in [-0.1, -0.05) is 19.9 Å². The summed E-state index contributed by atoms with van der Waals surface area (Å²) in [7, 11) is 3.43. The summed E-state index contributed by atoms with van der Waals surface area (Å²) in [5, 5.41) is 7.95. The van der Waals surface area contributed by atoms with Crippen molar-refractivity contribution in [3.8, 4) is 22.5 Å². The standard InChI is InChI=1S/C43H53N7O7S/c1-8-49-31-15-14-24-18-26(31)27(36(49)25-12-10-16-44-34(25)23(3)55-7)19-43(4,5)22-57-42(54)29-13-11-17-50(47-29)41(53)35(37(56-9-2)39-45-30(24)21-58-39)46-38(51)32-28-20-48(6)40(52)33(28)32/h10,12,14-16,18,21,23,28-29,32-33,35,37,47H,8-9,11,13,17,19-20,22H2,1-7H3,(H,46,51)/t23-,28+,29-,32+,33+,35-,37-/m0/s1. The predicted molar refractivity (Wildman–Crippen MR) is 218 cm³/mol. The number of benzene rings is 1. The van der Waals surface area contributed by atoms with E-state index in [-0.39, 0.29) is 43.0 Å². The van der Waals surface area contributed by atoms with Crippen molar-refractivity contribution >= 4 is 45.9 Å². The van der Waals surface area contributed by atoms with Crippen LogP contribution in [0, 0.1) is 23.2 Å². The maximum atomic E-state index is 14.6. The Hall–Kier alpha value is -4.70. The van der Waals surface area contributed by atoms with Crippen LogP contribution in [0.4, 0.5) is 0 Å². The summed E-state index contributed by atoms with van der Waals surface area (Å²) in [4.78, 5) is 66.7. The van der Waals surface area contributed by atoms with E-state index >= 15 is 0 Å². The number of carbonyl (C=O) groups is 4. The van der Waals surface area contributed by atoms with Gasteiger partial charge in [0.2, 0.25) is 11.8 Å². The Morgan fingerprint density at radius 2 is 1.98 bits per heavy atom. The minimum absolute atomic E-state index is 0.0544. The lowest BCUT2D eigenvalue weighted by atomic mass is 9.84. The van der Waals surface area contributed by atoms with Gasteiger partial charge in [-0.3, -0.25) is 29.2 Å². The molecule has 2 N–H and O–H groups in total. The first-order chi connectivity index (χ1) is 27.8. The van der Waals surface area contributed by atoms with Crippen LogP contribution in [0.1, 0.15) is 75.9 Å². The number of nitrogens with zero attached hydrogens (tertiary/aromatic N) is 5. The molecule has 3 aliphatic heterocycles. The van der Waals surface area contributed by atoms with E-state index in [0.29, 0.717) is 49.6 Å². The highest BCUT2D eigenvalue weighted by Crippen LogP contribution is 2.52. The summed E-state index contributed by atoms with van der Waals surface area (Å²) in [5.41, 5.74) is 9.25. The number of likely N-dealkylation sites (tertiary alicyclic amines) is 1. The molecule has 3 aromatic heterocycles. The van der Waals surface area contributed by atoms with Crippen LogP contribution in [0.3, 0.4) is 0 Å². The Balaban J connectivity index is 1.26. The highest BCUT2D eigenvalue weighted by Gasteiger charge is 2.64. The first kappa shape index (κ1) is 40.1. The average Bonchev–Trinajstić information content (AvgIpc) is 3.44. The number of cyclic esters (lactones) is 1. The molecule has 4 aromatic rings. The molecule has 7 atom stereocenters. The van der Waals surface area contributed by atoms with Gasteiger partial charge in [-0.15, -0.1) is 11.3 Å². The predicted octanol–water partition coefficient (Wildman–Crippen LogP) is 5.07. The minimum atomic E-state index is -1.18. The van der Waals surface area contributed by atoms with Crippen molar-refractivity contribution in [2.75, 3.05) is 40.5 Å². The molecule has 0 unspecified atom stereocenters. The summed E-state index contributed by atoms with van der Waals surface area (Å²) < 4.78 is 20.5. The summed E-state index contributed by atoms with van der Waals surface area (Å²) in [6.45, 7) is 12.1. The molecule has 58 heavy (non-hydrogen) atoms. The van der Waals surface area contributed by atoms with E-state index in [4.69, 9.17) is 24.2 Å². The Labute approximate surface area is 342 Å². The zero-order valence-electron chi connectivity index (χ0n) is 34.2. The number of nitrogens with one attached hydrogen (secondary N) is 2. The molecule has 0 spiro atoms. The maximum Gasteiger partial charge on any atom is 0.324 e. The number of ether oxygens (including phenoxy) is 3. The summed E-state index contributed by atoms with van der Waals surface area (Å²) in [6.07, 6.45) is 2.21. The molecule has 3 amide bonds. The number of aryl methyl sites for hydroxylation is 1. The fourth-order valence-corrected chi connectivity index (χ4v) is 10.1. The second-order valence-corrected chi connectivity index (χ2v) is 17.6. The number of methoxy groups -OCH3 is 1. The van der Waals surface area contributed by atoms with Crippen molar-refractivity contribution in [2.24, 2.45) is 23.2 Å². The lowest BCUT2D eigenvalue weighted by Gasteiger charge is -2.37. The number of rotatable bonds is 8. The molecule has 1 aliphatic carbocycles. The quantitative estimate of drug-likeness (QED) is 0.231. The zero-order chi connectivity index (χ0) is 41.0. The molecule has 308 valence electrons. The summed E-state index contributed by atoms with van der Waals surface area (Å²) in [5.74, 6) is -2.30. The number of piperidine rings is 1. The zero-order valence-corrected chi connectivity index (χ0v) is 35.1. The maximum absolute atomic E-state index is 14.6. The Bertz CT molecular complexity index is 2250. The van der Waals surface area contributed by atoms with E-state index in [0.717, 1.165) is 39.0 Å². The number of amides is 3. The molecule has 15 heteroatoms. The fourth-order valence-electron chi connectivity index (χ4n) is 9.14. The number of pyridine rings is 1. The van der Waals surface area contributed by atoms with Crippen molar-refractivity contribution in [3.05, 3.63) is 58.2 Å². The largest absolute Gasteiger partial charge is 0.464 e. The van der Waals surface area contributed by atoms with Gasteiger partial charge in [0.25, 0.3) is 5.91 Å². The van der Waals surface area contributed by atoms with Crippen molar-refractivity contribution in [1.82, 2.24) is 35.2 Å². The van der Waals surface area contributed by atoms with Crippen LogP contribution in [0.15, 0.2) is 41.9 Å². The third-order valence-electron chi connectivity index (χ3n) is 12.2. The number of esters is 1. The number of carbonyl (C=O) groups excluding carboxylic acids is 4. The van der Waals surface area contributed by atoms with Gasteiger partial charge in [-0.05, 0) is 69.9 Å². The number of thiazole rings is 1. The molecule has 8 rings (SSSR count). The molecule has 14 nitrogen and oxygen atoms in total. The SMILES string of the molecule is CCO[C@@H]1c2nc(cs2)-c2ccc3c(c2)c(c(-c2cccnc2[C@H](C)OC)n3CC)CC(C)(C)COC(=O)[C@@H]2CCCN(N2)C(=O)[C@H]1NC(=O)[C@@H]1[C@H]2CN(C)C(=O)[C@H]21. The van der Waals surface area contributed by atoms with Crippen LogP contribution in [0.2, 0.25) is 0 Å². The average molecular weight is 812 g/mol. The van der Waals surface area contributed by atoms with Gasteiger partial charge in [0.1, 0.15) is 23.2 Å². The Kier molecular flexibility index (Phi) is 10.9. The van der Waals surface area contributed by atoms with E-state index in [2.05, 4.69) is 60.3 Å². The van der Waals surface area contributed by atoms with Crippen LogP contribution in [-0.2, 0) is 46.4 Å². The van der Waals surface area contributed by atoms with Gasteiger partial charge in [0, 0.05) is 85.3 Å². The molecule has 1 saturated carbocycles. The molecule has 3 fully saturated rings. The molecule has 6 heterocycles. The van der Waals surface area contributed by atoms with Crippen LogP contribution >= 0.6 is 11.3 Å². The number of aromatic nitrogens is 3. The van der Waals surface area contributed by atoms with Crippen LogP contribution in [0.25, 0.3) is 33.4 Å². The van der Waals surface area contributed by atoms with E-state index in [9.17, 15) is 19.2 Å². The number of hydrazine groups is 1. The van der Waals surface area contributed by atoms with E-state index < -0.39 is 41.4 Å². The summed E-state index contributed by atoms with van der Waals surface area (Å²) >= 11 is 1.36. The van der Waals surface area contributed by atoms with Gasteiger partial charge in [0.15, 0.2) is 0 Å². The Morgan fingerprint density at radius 1 is 1.17 bits per heavy atom. The van der Waals surface area contributed by atoms with Gasteiger partial charge in [0.05, 0.1) is 41.6 Å². The number of hydrogen-bond donors (Lipinski definition) is 2. The van der Waals surface area contributed by atoms with Crippen molar-refractivity contribution in [3.63, 3.8) is 0 Å². The van der Waals surface area contributed by atoms with E-state index in [1.54, 1.807) is 25.3 Å².